The number of rotatable bonds is 9. The normalized spacial score (nSPS) is 19.7. The Labute approximate surface area is 111 Å². The highest BCUT2D eigenvalue weighted by atomic mass is 16.5. The van der Waals surface area contributed by atoms with E-state index in [1.807, 2.05) is 0 Å². The minimum Gasteiger partial charge on any atom is -0.382 e. The number of hydrogen-bond acceptors (Lipinski definition) is 4. The predicted molar refractivity (Wildman–Crippen MR) is 72.8 cm³/mol. The van der Waals surface area contributed by atoms with E-state index in [1.165, 1.54) is 25.7 Å². The first-order valence-electron chi connectivity index (χ1n) is 7.20. The van der Waals surface area contributed by atoms with E-state index >= 15 is 0 Å². The Morgan fingerprint density at radius 3 is 2.22 bits per heavy atom. The summed E-state index contributed by atoms with van der Waals surface area (Å²) in [6, 6.07) is 0. The predicted octanol–water partition coefficient (Wildman–Crippen LogP) is 2.11. The van der Waals surface area contributed by atoms with E-state index in [0.717, 1.165) is 32.5 Å². The molecule has 1 saturated carbocycles. The summed E-state index contributed by atoms with van der Waals surface area (Å²) in [5.74, 6) is 0. The second-order valence-electron chi connectivity index (χ2n) is 5.29. The van der Waals surface area contributed by atoms with Crippen molar-refractivity contribution in [2.75, 3.05) is 40.1 Å². The minimum atomic E-state index is -0.0760. The summed E-state index contributed by atoms with van der Waals surface area (Å²) < 4.78 is 16.0. The van der Waals surface area contributed by atoms with Crippen molar-refractivity contribution in [2.45, 2.75) is 50.5 Å². The summed E-state index contributed by atoms with van der Waals surface area (Å²) in [4.78, 5) is 0. The van der Waals surface area contributed by atoms with Gasteiger partial charge in [0.2, 0.25) is 0 Å². The molecule has 0 aromatic heterocycles. The molecule has 0 atom stereocenters. The molecular formula is C14H29NO3. The van der Waals surface area contributed by atoms with Crippen molar-refractivity contribution in [1.29, 1.82) is 0 Å². The van der Waals surface area contributed by atoms with Crippen molar-refractivity contribution in [3.63, 3.8) is 0 Å². The van der Waals surface area contributed by atoms with Crippen LogP contribution in [0.4, 0.5) is 0 Å². The topological polar surface area (TPSA) is 53.7 Å². The lowest BCUT2D eigenvalue weighted by Gasteiger charge is -2.27. The molecule has 1 aliphatic rings. The zero-order valence-electron chi connectivity index (χ0n) is 11.8. The van der Waals surface area contributed by atoms with Crippen LogP contribution in [0.3, 0.4) is 0 Å². The molecule has 4 nitrogen and oxygen atoms in total. The molecule has 0 aromatic rings. The summed E-state index contributed by atoms with van der Waals surface area (Å²) in [6.45, 7) is 3.50. The zero-order valence-corrected chi connectivity index (χ0v) is 11.8. The van der Waals surface area contributed by atoms with E-state index in [2.05, 4.69) is 0 Å². The third-order valence-electron chi connectivity index (χ3n) is 3.50. The fraction of sp³-hybridized carbons (Fsp3) is 1.00. The van der Waals surface area contributed by atoms with Crippen LogP contribution in [0.1, 0.15) is 44.9 Å². The number of hydrogen-bond donors (Lipinski definition) is 1. The van der Waals surface area contributed by atoms with Crippen LogP contribution in [0.2, 0.25) is 0 Å². The summed E-state index contributed by atoms with van der Waals surface area (Å²) >= 11 is 0. The largest absolute Gasteiger partial charge is 0.382 e. The molecule has 0 bridgehead atoms. The van der Waals surface area contributed by atoms with Gasteiger partial charge in [-0.25, -0.2) is 0 Å². The van der Waals surface area contributed by atoms with Gasteiger partial charge in [-0.2, -0.15) is 0 Å². The maximum Gasteiger partial charge on any atom is 0.0700 e. The number of ether oxygens (including phenoxy) is 3. The van der Waals surface area contributed by atoms with Crippen molar-refractivity contribution < 1.29 is 14.2 Å². The first-order chi connectivity index (χ1) is 8.77. The SMILES string of the molecule is COCCOCCCOCC1(N)CCCCCC1. The van der Waals surface area contributed by atoms with Crippen molar-refractivity contribution >= 4 is 0 Å². The van der Waals surface area contributed by atoms with Crippen molar-refractivity contribution in [1.82, 2.24) is 0 Å². The van der Waals surface area contributed by atoms with Gasteiger partial charge in [-0.15, -0.1) is 0 Å². The van der Waals surface area contributed by atoms with Gasteiger partial charge in [0, 0.05) is 25.9 Å². The molecule has 0 unspecified atom stereocenters. The summed E-state index contributed by atoms with van der Waals surface area (Å²) in [5.41, 5.74) is 6.29. The van der Waals surface area contributed by atoms with E-state index < -0.39 is 0 Å². The Kier molecular flexibility index (Phi) is 8.59. The molecule has 0 spiro atoms. The second kappa shape index (κ2) is 9.73. The maximum atomic E-state index is 6.37. The van der Waals surface area contributed by atoms with Crippen LogP contribution in [0.5, 0.6) is 0 Å². The molecule has 1 rings (SSSR count). The van der Waals surface area contributed by atoms with Gasteiger partial charge in [-0.3, -0.25) is 0 Å². The fourth-order valence-corrected chi connectivity index (χ4v) is 2.36. The molecule has 2 N–H and O–H groups in total. The molecule has 0 aliphatic heterocycles. The first kappa shape index (κ1) is 15.9. The Hall–Kier alpha value is -0.160. The van der Waals surface area contributed by atoms with Crippen molar-refractivity contribution in [3.8, 4) is 0 Å². The minimum absolute atomic E-state index is 0.0760. The van der Waals surface area contributed by atoms with Crippen LogP contribution < -0.4 is 5.73 Å². The third-order valence-corrected chi connectivity index (χ3v) is 3.50. The Balaban J connectivity index is 1.95. The summed E-state index contributed by atoms with van der Waals surface area (Å²) in [7, 11) is 1.68. The molecule has 0 saturated heterocycles. The van der Waals surface area contributed by atoms with Gasteiger partial charge >= 0.3 is 0 Å². The van der Waals surface area contributed by atoms with Gasteiger partial charge in [0.15, 0.2) is 0 Å². The van der Waals surface area contributed by atoms with Gasteiger partial charge in [0.25, 0.3) is 0 Å². The summed E-state index contributed by atoms with van der Waals surface area (Å²) in [6.07, 6.45) is 8.30. The highest BCUT2D eigenvalue weighted by molar-refractivity contribution is 4.85. The molecule has 0 amide bonds. The Morgan fingerprint density at radius 2 is 1.56 bits per heavy atom. The summed E-state index contributed by atoms with van der Waals surface area (Å²) in [5, 5.41) is 0. The van der Waals surface area contributed by atoms with Gasteiger partial charge in [0.1, 0.15) is 0 Å². The third kappa shape index (κ3) is 7.31. The van der Waals surface area contributed by atoms with Gasteiger partial charge in [-0.1, -0.05) is 25.7 Å². The van der Waals surface area contributed by atoms with Gasteiger partial charge in [-0.05, 0) is 19.3 Å². The van der Waals surface area contributed by atoms with Crippen molar-refractivity contribution in [3.05, 3.63) is 0 Å². The quantitative estimate of drug-likeness (QED) is 0.509. The van der Waals surface area contributed by atoms with E-state index in [-0.39, 0.29) is 5.54 Å². The molecule has 0 heterocycles. The zero-order chi connectivity index (χ0) is 13.1. The molecule has 1 fully saturated rings. The molecule has 0 radical (unpaired) electrons. The van der Waals surface area contributed by atoms with Crippen molar-refractivity contribution in [2.24, 2.45) is 5.73 Å². The average Bonchev–Trinajstić information content (AvgIpc) is 2.58. The molecule has 1 aliphatic carbocycles. The lowest BCUT2D eigenvalue weighted by molar-refractivity contribution is 0.0380. The Morgan fingerprint density at radius 1 is 0.889 bits per heavy atom. The Bertz CT molecular complexity index is 191. The molecule has 108 valence electrons. The number of nitrogens with two attached hydrogens (primary N) is 1. The van der Waals surface area contributed by atoms with Gasteiger partial charge < -0.3 is 19.9 Å². The fourth-order valence-electron chi connectivity index (χ4n) is 2.36. The van der Waals surface area contributed by atoms with Crippen LogP contribution in [-0.2, 0) is 14.2 Å². The van der Waals surface area contributed by atoms with E-state index in [9.17, 15) is 0 Å². The molecule has 4 heteroatoms. The van der Waals surface area contributed by atoms with Crippen LogP contribution in [-0.4, -0.2) is 45.7 Å². The molecular weight excluding hydrogens is 230 g/mol. The standard InChI is InChI=1S/C14H29NO3/c1-16-11-12-17-9-6-10-18-13-14(15)7-4-2-3-5-8-14/h2-13,15H2,1H3. The average molecular weight is 259 g/mol. The smallest absolute Gasteiger partial charge is 0.0700 e. The second-order valence-corrected chi connectivity index (χ2v) is 5.29. The van der Waals surface area contributed by atoms with Crippen LogP contribution in [0.15, 0.2) is 0 Å². The first-order valence-corrected chi connectivity index (χ1v) is 7.20. The van der Waals surface area contributed by atoms with E-state index in [1.54, 1.807) is 7.11 Å². The lowest BCUT2D eigenvalue weighted by atomic mass is 9.93. The highest BCUT2D eigenvalue weighted by Gasteiger charge is 2.26. The van der Waals surface area contributed by atoms with Crippen LogP contribution in [0, 0.1) is 0 Å². The van der Waals surface area contributed by atoms with Crippen LogP contribution >= 0.6 is 0 Å². The van der Waals surface area contributed by atoms with Gasteiger partial charge in [0.05, 0.1) is 19.8 Å². The maximum absolute atomic E-state index is 6.37. The molecule has 18 heavy (non-hydrogen) atoms. The lowest BCUT2D eigenvalue weighted by Crippen LogP contribution is -2.44. The monoisotopic (exact) mass is 259 g/mol. The van der Waals surface area contributed by atoms with E-state index in [0.29, 0.717) is 19.8 Å². The highest BCUT2D eigenvalue weighted by Crippen LogP contribution is 2.25. The number of methoxy groups -OCH3 is 1. The van der Waals surface area contributed by atoms with E-state index in [4.69, 9.17) is 19.9 Å². The molecule has 0 aromatic carbocycles. The van der Waals surface area contributed by atoms with Crippen LogP contribution in [0.25, 0.3) is 0 Å².